The van der Waals surface area contributed by atoms with E-state index in [0.717, 1.165) is 0 Å². The first-order chi connectivity index (χ1) is 12.0. The van der Waals surface area contributed by atoms with Crippen LogP contribution in [0, 0.1) is 0 Å². The summed E-state index contributed by atoms with van der Waals surface area (Å²) in [6, 6.07) is 0. The molecule has 26 heavy (non-hydrogen) atoms. The molecule has 14 heteroatoms. The van der Waals surface area contributed by atoms with E-state index in [0.29, 0.717) is 11.8 Å². The summed E-state index contributed by atoms with van der Waals surface area (Å²) >= 11 is 0.683. The van der Waals surface area contributed by atoms with Gasteiger partial charge in [-0.25, -0.2) is 4.28 Å². The van der Waals surface area contributed by atoms with Gasteiger partial charge in [0.25, 0.3) is 0 Å². The summed E-state index contributed by atoms with van der Waals surface area (Å²) < 4.78 is 50.2. The lowest BCUT2D eigenvalue weighted by Crippen LogP contribution is -2.57. The van der Waals surface area contributed by atoms with E-state index in [9.17, 15) is 27.9 Å². The summed E-state index contributed by atoms with van der Waals surface area (Å²) in [5, 5.41) is 43.3. The quantitative estimate of drug-likeness (QED) is 0.127. The maximum Gasteiger partial charge on any atom is 0.466 e. The second-order valence-corrected chi connectivity index (χ2v) is 8.66. The number of oxime groups is 1. The number of allylic oxidation sites excluding steroid dienone is 1. The van der Waals surface area contributed by atoms with Crippen LogP contribution in [0.3, 0.4) is 0 Å². The summed E-state index contributed by atoms with van der Waals surface area (Å²) in [6.45, 7) is -0.624. The lowest BCUT2D eigenvalue weighted by atomic mass is 10.0. The van der Waals surface area contributed by atoms with Crippen LogP contribution in [0.2, 0.25) is 0 Å². The lowest BCUT2D eigenvalue weighted by Gasteiger charge is -2.39. The van der Waals surface area contributed by atoms with Crippen molar-refractivity contribution in [1.82, 2.24) is 0 Å². The van der Waals surface area contributed by atoms with Gasteiger partial charge in [0.15, 0.2) is 0 Å². The van der Waals surface area contributed by atoms with E-state index in [2.05, 4.69) is 9.44 Å². The third kappa shape index (κ3) is 7.98. The van der Waals surface area contributed by atoms with Crippen LogP contribution in [0.5, 0.6) is 0 Å². The van der Waals surface area contributed by atoms with Gasteiger partial charge >= 0.3 is 10.4 Å². The zero-order valence-corrected chi connectivity index (χ0v) is 16.1. The highest BCUT2D eigenvalue weighted by Gasteiger charge is 2.44. The minimum absolute atomic E-state index is 0.0292. The highest BCUT2D eigenvalue weighted by atomic mass is 32.3. The molecule has 1 aliphatic heterocycles. The number of thioether (sulfide) groups is 1. The molecule has 0 aromatic heterocycles. The number of aliphatic hydroxyl groups is 4. The van der Waals surface area contributed by atoms with Crippen molar-refractivity contribution in [3.05, 3.63) is 11.5 Å². The average Bonchev–Trinajstić information content (AvgIpc) is 2.55. The Hall–Kier alpha value is -0.580. The predicted octanol–water partition coefficient (Wildman–Crippen LogP) is -1.68. The molecule has 1 saturated heterocycles. The fraction of sp³-hybridized carbons (Fsp3) is 0.750. The molecular weight excluding hydrogens is 414 g/mol. The maximum atomic E-state index is 11.0. The highest BCUT2D eigenvalue weighted by Crippen LogP contribution is 2.30. The molecule has 0 aromatic carbocycles. The normalized spacial score (nSPS) is 31.9. The van der Waals surface area contributed by atoms with E-state index in [4.69, 9.17) is 14.4 Å². The Labute approximate surface area is 157 Å². The fourth-order valence-electron chi connectivity index (χ4n) is 1.92. The van der Waals surface area contributed by atoms with Crippen molar-refractivity contribution in [2.45, 2.75) is 42.7 Å². The molecule has 1 rings (SSSR count). The monoisotopic (exact) mass is 435 g/mol. The van der Waals surface area contributed by atoms with Gasteiger partial charge in [0, 0.05) is 23.5 Å². The van der Waals surface area contributed by atoms with Crippen molar-refractivity contribution < 1.29 is 46.6 Å². The molecule has 0 unspecified atom stereocenters. The third-order valence-electron chi connectivity index (χ3n) is 3.15. The van der Waals surface area contributed by atoms with Crippen molar-refractivity contribution in [2.75, 3.05) is 12.9 Å². The van der Waals surface area contributed by atoms with Crippen molar-refractivity contribution >= 4 is 38.0 Å². The molecule has 1 fully saturated rings. The van der Waals surface area contributed by atoms with E-state index in [1.54, 1.807) is 6.08 Å². The molecule has 0 bridgehead atoms. The Morgan fingerprint density at radius 2 is 1.96 bits per heavy atom. The summed E-state index contributed by atoms with van der Waals surface area (Å²) in [7, 11) is -6.03. The summed E-state index contributed by atoms with van der Waals surface area (Å²) in [5.41, 5.74) is -1.20. The maximum absolute atomic E-state index is 11.0. The van der Waals surface area contributed by atoms with Crippen LogP contribution in [0.1, 0.15) is 12.8 Å². The van der Waals surface area contributed by atoms with Crippen molar-refractivity contribution in [1.29, 1.82) is 0 Å². The average molecular weight is 435 g/mol. The van der Waals surface area contributed by atoms with Gasteiger partial charge in [0.05, 0.1) is 6.61 Å². The first-order valence-corrected chi connectivity index (χ1v) is 11.1. The van der Waals surface area contributed by atoms with E-state index < -0.39 is 57.7 Å². The van der Waals surface area contributed by atoms with Crippen LogP contribution < -0.4 is 0 Å². The number of aliphatic hydroxyl groups excluding tert-OH is 4. The van der Waals surface area contributed by atoms with Gasteiger partial charge in [-0.15, -0.1) is 0 Å². The molecule has 0 aromatic rings. The zero-order valence-electron chi connectivity index (χ0n) is 13.6. The molecule has 0 radical (unpaired) electrons. The minimum atomic E-state index is -4.85. The molecule has 1 aliphatic rings. The second-order valence-electron chi connectivity index (χ2n) is 5.21. The first kappa shape index (κ1) is 23.5. The van der Waals surface area contributed by atoms with Crippen molar-refractivity contribution in [3.8, 4) is 0 Å². The Morgan fingerprint density at radius 1 is 1.31 bits per heavy atom. The molecule has 0 aliphatic carbocycles. The summed E-state index contributed by atoms with van der Waals surface area (Å²) in [6.07, 6.45) is -2.50. The Morgan fingerprint density at radius 3 is 2.50 bits per heavy atom. The second kappa shape index (κ2) is 10.7. The van der Waals surface area contributed by atoms with Gasteiger partial charge in [0.2, 0.25) is 0 Å². The zero-order chi connectivity index (χ0) is 19.9. The van der Waals surface area contributed by atoms with Crippen LogP contribution in [0.15, 0.2) is 16.6 Å². The molecule has 152 valence electrons. The van der Waals surface area contributed by atoms with E-state index >= 15 is 0 Å². The number of rotatable bonds is 8. The molecule has 0 saturated carbocycles. The molecule has 5 N–H and O–H groups in total. The highest BCUT2D eigenvalue weighted by molar-refractivity contribution is 8.14. The van der Waals surface area contributed by atoms with Crippen LogP contribution in [-0.2, 0) is 30.2 Å². The van der Waals surface area contributed by atoms with Crippen molar-refractivity contribution in [3.63, 3.8) is 0 Å². The summed E-state index contributed by atoms with van der Waals surface area (Å²) in [4.78, 5) is 0. The van der Waals surface area contributed by atoms with Gasteiger partial charge in [-0.2, -0.15) is 8.42 Å². The van der Waals surface area contributed by atoms with Gasteiger partial charge in [0.1, 0.15) is 34.9 Å². The summed E-state index contributed by atoms with van der Waals surface area (Å²) in [5.74, 6) is 0. The van der Waals surface area contributed by atoms with E-state index in [1.807, 2.05) is 0 Å². The van der Waals surface area contributed by atoms with Crippen LogP contribution in [-0.4, -0.2) is 85.4 Å². The number of nitrogens with zero attached hydrogens (tertiary/aromatic N) is 1. The van der Waals surface area contributed by atoms with Gasteiger partial charge in [-0.3, -0.25) is 8.76 Å². The van der Waals surface area contributed by atoms with Crippen LogP contribution in [0.25, 0.3) is 0 Å². The molecular formula is C12H21NO10S3. The topological polar surface area (TPSA) is 183 Å². The fourth-order valence-corrected chi connectivity index (χ4v) is 3.65. The Balaban J connectivity index is 2.87. The van der Waals surface area contributed by atoms with Gasteiger partial charge < -0.3 is 25.2 Å². The predicted molar refractivity (Wildman–Crippen MR) is 93.9 cm³/mol. The largest absolute Gasteiger partial charge is 0.466 e. The van der Waals surface area contributed by atoms with E-state index in [-0.39, 0.29) is 17.9 Å². The number of ether oxygens (including phenoxy) is 1. The van der Waals surface area contributed by atoms with E-state index in [1.165, 1.54) is 11.7 Å². The molecule has 11 nitrogen and oxygen atoms in total. The molecule has 0 spiro atoms. The third-order valence-corrected chi connectivity index (χ3v) is 5.16. The van der Waals surface area contributed by atoms with Gasteiger partial charge in [-0.1, -0.05) is 23.0 Å². The lowest BCUT2D eigenvalue weighted by molar-refractivity contribution is -0.205. The Kier molecular flexibility index (Phi) is 9.63. The Bertz CT molecular complexity index is 635. The molecule has 6 atom stereocenters. The number of hydrogen-bond donors (Lipinski definition) is 5. The van der Waals surface area contributed by atoms with Gasteiger partial charge in [-0.05, 0) is 11.8 Å². The SMILES string of the molecule is C[S@@](=O)/C=C\CCC(=NOS(=O)(=O)O)S[C@@H]1O[C@H](CO)[C@@H](O)[C@H](O)[C@H]1O. The number of hydrogen-bond acceptors (Lipinski definition) is 11. The first-order valence-electron chi connectivity index (χ1n) is 7.24. The van der Waals surface area contributed by atoms with Crippen LogP contribution >= 0.6 is 11.8 Å². The minimum Gasteiger partial charge on any atom is -0.394 e. The molecule has 0 amide bonds. The van der Waals surface area contributed by atoms with Crippen molar-refractivity contribution in [2.24, 2.45) is 5.16 Å². The van der Waals surface area contributed by atoms with Crippen LogP contribution in [0.4, 0.5) is 0 Å². The molecule has 1 heterocycles. The smallest absolute Gasteiger partial charge is 0.394 e. The standard InChI is InChI=1S/C12H21NO10S3/c1-25(18)5-3-2-4-8(13-23-26(19,20)21)24-12-11(17)10(16)9(15)7(6-14)22-12/h3,5,7,9-12,14-17H,2,4,6H2,1H3,(H,19,20,21)/b5-3-,13-8?/t7-,9-,10+,11-,12+,25-/m1/s1.